The molecular weight excluding hydrogens is 234 g/mol. The van der Waals surface area contributed by atoms with Gasteiger partial charge in [0.05, 0.1) is 5.69 Å². The van der Waals surface area contributed by atoms with Crippen molar-refractivity contribution in [2.45, 2.75) is 33.1 Å². The number of unbranched alkanes of at least 4 members (excludes halogenated alkanes) is 1. The Kier molecular flexibility index (Phi) is 4.45. The Morgan fingerprint density at radius 1 is 1.05 bits per heavy atom. The SMILES string of the molecule is CCCCc1ccc(Oc2ccc(C)cc2N)cc1. The Balaban J connectivity index is 2.06. The number of ether oxygens (including phenoxy) is 1. The van der Waals surface area contributed by atoms with Crippen LogP contribution in [0, 0.1) is 6.92 Å². The molecule has 100 valence electrons. The number of hydrogen-bond donors (Lipinski definition) is 1. The fraction of sp³-hybridized carbons (Fsp3) is 0.294. The monoisotopic (exact) mass is 255 g/mol. The number of nitrogens with two attached hydrogens (primary N) is 1. The molecule has 0 amide bonds. The number of nitrogen functional groups attached to an aromatic ring is 1. The number of benzene rings is 2. The van der Waals surface area contributed by atoms with Gasteiger partial charge in [-0.15, -0.1) is 0 Å². The zero-order valence-corrected chi connectivity index (χ0v) is 11.6. The highest BCUT2D eigenvalue weighted by Gasteiger charge is 2.02. The smallest absolute Gasteiger partial charge is 0.150 e. The molecule has 0 spiro atoms. The van der Waals surface area contributed by atoms with Crippen molar-refractivity contribution in [3.05, 3.63) is 53.6 Å². The molecule has 0 aliphatic carbocycles. The molecule has 0 saturated carbocycles. The second-order valence-corrected chi connectivity index (χ2v) is 4.89. The lowest BCUT2D eigenvalue weighted by molar-refractivity contribution is 0.484. The van der Waals surface area contributed by atoms with E-state index < -0.39 is 0 Å². The van der Waals surface area contributed by atoms with E-state index in [1.54, 1.807) is 0 Å². The molecule has 19 heavy (non-hydrogen) atoms. The van der Waals surface area contributed by atoms with E-state index in [0.717, 1.165) is 17.7 Å². The normalized spacial score (nSPS) is 10.4. The fourth-order valence-corrected chi connectivity index (χ4v) is 1.99. The summed E-state index contributed by atoms with van der Waals surface area (Å²) in [4.78, 5) is 0. The molecule has 0 fully saturated rings. The molecule has 2 N–H and O–H groups in total. The van der Waals surface area contributed by atoms with Crippen LogP contribution in [-0.2, 0) is 6.42 Å². The van der Waals surface area contributed by atoms with E-state index in [2.05, 4.69) is 19.1 Å². The van der Waals surface area contributed by atoms with Crippen LogP contribution in [0.1, 0.15) is 30.9 Å². The molecule has 2 heteroatoms. The van der Waals surface area contributed by atoms with Crippen LogP contribution in [0.15, 0.2) is 42.5 Å². The Labute approximate surface area is 115 Å². The van der Waals surface area contributed by atoms with Crippen molar-refractivity contribution in [2.24, 2.45) is 0 Å². The summed E-state index contributed by atoms with van der Waals surface area (Å²) in [6, 6.07) is 14.1. The molecule has 0 aliphatic heterocycles. The summed E-state index contributed by atoms with van der Waals surface area (Å²) >= 11 is 0. The molecule has 0 atom stereocenters. The first-order chi connectivity index (χ1) is 9.19. The van der Waals surface area contributed by atoms with Crippen LogP contribution in [-0.4, -0.2) is 0 Å². The summed E-state index contributed by atoms with van der Waals surface area (Å²) in [7, 11) is 0. The third-order valence-electron chi connectivity index (χ3n) is 3.14. The summed E-state index contributed by atoms with van der Waals surface area (Å²) < 4.78 is 5.80. The van der Waals surface area contributed by atoms with Gasteiger partial charge in [0.25, 0.3) is 0 Å². The average Bonchev–Trinajstić information content (AvgIpc) is 2.41. The second kappa shape index (κ2) is 6.28. The van der Waals surface area contributed by atoms with Crippen LogP contribution in [0.4, 0.5) is 5.69 Å². The highest BCUT2D eigenvalue weighted by molar-refractivity contribution is 5.55. The Morgan fingerprint density at radius 3 is 2.42 bits per heavy atom. The molecule has 2 aromatic rings. The van der Waals surface area contributed by atoms with Crippen LogP contribution in [0.5, 0.6) is 11.5 Å². The van der Waals surface area contributed by atoms with E-state index in [4.69, 9.17) is 10.5 Å². The first-order valence-electron chi connectivity index (χ1n) is 6.82. The third-order valence-corrected chi connectivity index (χ3v) is 3.14. The van der Waals surface area contributed by atoms with E-state index >= 15 is 0 Å². The maximum atomic E-state index is 5.94. The highest BCUT2D eigenvalue weighted by Crippen LogP contribution is 2.28. The van der Waals surface area contributed by atoms with E-state index in [-0.39, 0.29) is 0 Å². The van der Waals surface area contributed by atoms with E-state index in [1.165, 1.54) is 18.4 Å². The quantitative estimate of drug-likeness (QED) is 0.785. The van der Waals surface area contributed by atoms with Crippen molar-refractivity contribution >= 4 is 5.69 Å². The minimum absolute atomic E-state index is 0.676. The van der Waals surface area contributed by atoms with Crippen LogP contribution >= 0.6 is 0 Å². The topological polar surface area (TPSA) is 35.2 Å². The first-order valence-corrected chi connectivity index (χ1v) is 6.82. The van der Waals surface area contributed by atoms with Crippen molar-refractivity contribution in [2.75, 3.05) is 5.73 Å². The van der Waals surface area contributed by atoms with Gasteiger partial charge in [-0.3, -0.25) is 0 Å². The molecule has 2 aromatic carbocycles. The molecule has 0 bridgehead atoms. The van der Waals surface area contributed by atoms with Gasteiger partial charge in [-0.05, 0) is 55.2 Å². The zero-order chi connectivity index (χ0) is 13.7. The van der Waals surface area contributed by atoms with E-state index in [9.17, 15) is 0 Å². The van der Waals surface area contributed by atoms with Crippen molar-refractivity contribution in [3.63, 3.8) is 0 Å². The maximum absolute atomic E-state index is 5.94. The average molecular weight is 255 g/mol. The Hall–Kier alpha value is -1.96. The van der Waals surface area contributed by atoms with Gasteiger partial charge in [-0.2, -0.15) is 0 Å². The lowest BCUT2D eigenvalue weighted by atomic mass is 10.1. The van der Waals surface area contributed by atoms with Crippen LogP contribution in [0.25, 0.3) is 0 Å². The number of aryl methyl sites for hydroxylation is 2. The van der Waals surface area contributed by atoms with E-state index in [0.29, 0.717) is 11.4 Å². The molecule has 2 rings (SSSR count). The molecule has 0 radical (unpaired) electrons. The number of hydrogen-bond acceptors (Lipinski definition) is 2. The predicted octanol–water partition coefficient (Wildman–Crippen LogP) is 4.71. The predicted molar refractivity (Wildman–Crippen MR) is 80.7 cm³/mol. The van der Waals surface area contributed by atoms with Gasteiger partial charge in [-0.25, -0.2) is 0 Å². The minimum Gasteiger partial charge on any atom is -0.455 e. The Morgan fingerprint density at radius 2 is 1.79 bits per heavy atom. The molecule has 0 heterocycles. The molecule has 0 saturated heterocycles. The molecule has 0 unspecified atom stereocenters. The summed E-state index contributed by atoms with van der Waals surface area (Å²) in [6.07, 6.45) is 3.58. The van der Waals surface area contributed by atoms with Crippen molar-refractivity contribution in [1.82, 2.24) is 0 Å². The van der Waals surface area contributed by atoms with E-state index in [1.807, 2.05) is 37.3 Å². The summed E-state index contributed by atoms with van der Waals surface area (Å²) in [6.45, 7) is 4.22. The fourth-order valence-electron chi connectivity index (χ4n) is 1.99. The third kappa shape index (κ3) is 3.75. The van der Waals surface area contributed by atoms with Crippen LogP contribution in [0.3, 0.4) is 0 Å². The largest absolute Gasteiger partial charge is 0.455 e. The van der Waals surface area contributed by atoms with Crippen LogP contribution in [0.2, 0.25) is 0 Å². The standard InChI is InChI=1S/C17H21NO/c1-3-4-5-14-7-9-15(10-8-14)19-17-11-6-13(2)12-16(17)18/h6-12H,3-5,18H2,1-2H3. The molecular formula is C17H21NO. The first kappa shape index (κ1) is 13.5. The summed E-state index contributed by atoms with van der Waals surface area (Å²) in [5.74, 6) is 1.54. The van der Waals surface area contributed by atoms with Gasteiger partial charge in [0.15, 0.2) is 0 Å². The molecule has 0 aliphatic rings. The number of anilines is 1. The highest BCUT2D eigenvalue weighted by atomic mass is 16.5. The van der Waals surface area contributed by atoms with Gasteiger partial charge in [0.1, 0.15) is 11.5 Å². The molecule has 2 nitrogen and oxygen atoms in total. The van der Waals surface area contributed by atoms with Crippen LogP contribution < -0.4 is 10.5 Å². The summed E-state index contributed by atoms with van der Waals surface area (Å²) in [5.41, 5.74) is 9.11. The van der Waals surface area contributed by atoms with Gasteiger partial charge in [-0.1, -0.05) is 31.5 Å². The van der Waals surface area contributed by atoms with Crippen molar-refractivity contribution < 1.29 is 4.74 Å². The van der Waals surface area contributed by atoms with Gasteiger partial charge >= 0.3 is 0 Å². The lowest BCUT2D eigenvalue weighted by Gasteiger charge is -2.09. The van der Waals surface area contributed by atoms with Gasteiger partial charge in [0.2, 0.25) is 0 Å². The van der Waals surface area contributed by atoms with Gasteiger partial charge < -0.3 is 10.5 Å². The minimum atomic E-state index is 0.676. The molecule has 0 aromatic heterocycles. The van der Waals surface area contributed by atoms with Crippen molar-refractivity contribution in [1.29, 1.82) is 0 Å². The summed E-state index contributed by atoms with van der Waals surface area (Å²) in [5, 5.41) is 0. The lowest BCUT2D eigenvalue weighted by Crippen LogP contribution is -1.93. The van der Waals surface area contributed by atoms with Gasteiger partial charge in [0, 0.05) is 0 Å². The maximum Gasteiger partial charge on any atom is 0.150 e. The second-order valence-electron chi connectivity index (χ2n) is 4.89. The zero-order valence-electron chi connectivity index (χ0n) is 11.6. The number of rotatable bonds is 5. The Bertz CT molecular complexity index is 531. The van der Waals surface area contributed by atoms with Crippen molar-refractivity contribution in [3.8, 4) is 11.5 Å².